The van der Waals surface area contributed by atoms with Crippen molar-refractivity contribution in [1.29, 1.82) is 0 Å². The second-order valence-electron chi connectivity index (χ2n) is 13.2. The van der Waals surface area contributed by atoms with E-state index in [1.165, 1.54) is 5.57 Å². The highest BCUT2D eigenvalue weighted by Gasteiger charge is 2.45. The third kappa shape index (κ3) is 15.7. The summed E-state index contributed by atoms with van der Waals surface area (Å²) in [5, 5.41) is 20.6. The van der Waals surface area contributed by atoms with E-state index in [9.17, 15) is 15.0 Å². The standard InChI is InChI=1S/C40H56O3/c1-31(19-13-21-33(3)22-14-23-34(4)25-16-29-39(8,9)42)17-11-12-18-32(2)20-15-24-35(5)26-27-36-38(6,7)30-28-37(41)40(36,10)43/h11-27,34,42-43H,28-30H2,1-10H3/b17-11+,18-12+,21-13+,23-14+,24-15+,25-16+,31-19+,32-20+,33-22+,35-26+,36-27-. The Morgan fingerprint density at radius 1 is 0.791 bits per heavy atom. The van der Waals surface area contributed by atoms with Crippen LogP contribution in [0.25, 0.3) is 0 Å². The van der Waals surface area contributed by atoms with Crippen molar-refractivity contribution in [2.75, 3.05) is 0 Å². The van der Waals surface area contributed by atoms with Crippen LogP contribution >= 0.6 is 0 Å². The van der Waals surface area contributed by atoms with Gasteiger partial charge < -0.3 is 10.2 Å². The summed E-state index contributed by atoms with van der Waals surface area (Å²) in [6.45, 7) is 19.8. The number of Topliss-reactive ketones (excluding diaryl/α,β-unsaturated/α-hetero) is 1. The van der Waals surface area contributed by atoms with Crippen molar-refractivity contribution >= 4 is 5.78 Å². The number of rotatable bonds is 13. The molecule has 0 aromatic carbocycles. The molecule has 0 aromatic rings. The zero-order valence-electron chi connectivity index (χ0n) is 28.3. The van der Waals surface area contributed by atoms with Gasteiger partial charge in [0.25, 0.3) is 0 Å². The van der Waals surface area contributed by atoms with Gasteiger partial charge in [-0.2, -0.15) is 0 Å². The lowest BCUT2D eigenvalue weighted by molar-refractivity contribution is -0.136. The summed E-state index contributed by atoms with van der Waals surface area (Å²) in [6.07, 6.45) is 36.7. The molecule has 0 saturated heterocycles. The normalized spacial score (nSPS) is 23.5. The second-order valence-corrected chi connectivity index (χ2v) is 13.2. The quantitative estimate of drug-likeness (QED) is 0.167. The van der Waals surface area contributed by atoms with E-state index in [0.717, 1.165) is 28.7 Å². The van der Waals surface area contributed by atoms with E-state index < -0.39 is 11.2 Å². The molecule has 234 valence electrons. The van der Waals surface area contributed by atoms with Crippen LogP contribution in [0.1, 0.15) is 88.5 Å². The van der Waals surface area contributed by atoms with Crippen LogP contribution in [0, 0.1) is 11.3 Å². The third-order valence-electron chi connectivity index (χ3n) is 7.38. The first kappa shape index (κ1) is 37.8. The number of carbonyl (C=O) groups is 1. The largest absolute Gasteiger partial charge is 0.390 e. The summed E-state index contributed by atoms with van der Waals surface area (Å²) in [5.41, 5.74) is 3.03. The van der Waals surface area contributed by atoms with Gasteiger partial charge in [0.05, 0.1) is 5.60 Å². The van der Waals surface area contributed by atoms with Crippen molar-refractivity contribution in [2.24, 2.45) is 11.3 Å². The smallest absolute Gasteiger partial charge is 0.168 e. The molecule has 3 nitrogen and oxygen atoms in total. The highest BCUT2D eigenvalue weighted by Crippen LogP contribution is 2.44. The van der Waals surface area contributed by atoms with Crippen LogP contribution in [-0.4, -0.2) is 27.2 Å². The van der Waals surface area contributed by atoms with Crippen LogP contribution in [0.4, 0.5) is 0 Å². The predicted molar refractivity (Wildman–Crippen MR) is 187 cm³/mol. The first-order valence-electron chi connectivity index (χ1n) is 15.4. The second kappa shape index (κ2) is 17.8. The molecule has 1 rings (SSSR count). The van der Waals surface area contributed by atoms with Crippen molar-refractivity contribution in [3.63, 3.8) is 0 Å². The van der Waals surface area contributed by atoms with Gasteiger partial charge in [0, 0.05) is 6.42 Å². The monoisotopic (exact) mass is 584 g/mol. The van der Waals surface area contributed by atoms with Crippen molar-refractivity contribution in [1.82, 2.24) is 0 Å². The Labute approximate surface area is 262 Å². The van der Waals surface area contributed by atoms with Crippen LogP contribution in [0.3, 0.4) is 0 Å². The van der Waals surface area contributed by atoms with Gasteiger partial charge in [0.2, 0.25) is 0 Å². The lowest BCUT2D eigenvalue weighted by Gasteiger charge is -2.41. The number of ketones is 1. The van der Waals surface area contributed by atoms with E-state index in [2.05, 4.69) is 102 Å². The first-order valence-corrected chi connectivity index (χ1v) is 15.4. The minimum atomic E-state index is -1.40. The molecule has 0 aromatic heterocycles. The fraction of sp³-hybridized carbons (Fsp3) is 0.425. The lowest BCUT2D eigenvalue weighted by atomic mass is 9.65. The summed E-state index contributed by atoms with van der Waals surface area (Å²) in [6, 6.07) is 0. The number of carbonyl (C=O) groups excluding carboxylic acids is 1. The summed E-state index contributed by atoms with van der Waals surface area (Å²) < 4.78 is 0. The zero-order chi connectivity index (χ0) is 32.7. The fourth-order valence-corrected chi connectivity index (χ4v) is 4.57. The first-order chi connectivity index (χ1) is 19.9. The Hall–Kier alpha value is -3.27. The lowest BCUT2D eigenvalue weighted by Crippen LogP contribution is -2.47. The van der Waals surface area contributed by atoms with Gasteiger partial charge in [0.1, 0.15) is 5.60 Å². The van der Waals surface area contributed by atoms with Gasteiger partial charge in [-0.25, -0.2) is 0 Å². The molecule has 2 unspecified atom stereocenters. The molecule has 0 bridgehead atoms. The molecule has 43 heavy (non-hydrogen) atoms. The van der Waals surface area contributed by atoms with Crippen molar-refractivity contribution in [3.05, 3.63) is 131 Å². The summed E-state index contributed by atoms with van der Waals surface area (Å²) in [5.74, 6) is 0.216. The van der Waals surface area contributed by atoms with E-state index in [1.807, 2.05) is 63.3 Å². The highest BCUT2D eigenvalue weighted by atomic mass is 16.3. The van der Waals surface area contributed by atoms with Crippen LogP contribution in [0.2, 0.25) is 0 Å². The molecule has 0 heterocycles. The molecule has 0 spiro atoms. The number of hydrogen-bond acceptors (Lipinski definition) is 3. The molecule has 0 radical (unpaired) electrons. The van der Waals surface area contributed by atoms with Gasteiger partial charge in [-0.05, 0) is 78.2 Å². The van der Waals surface area contributed by atoms with Gasteiger partial charge >= 0.3 is 0 Å². The maximum absolute atomic E-state index is 12.3. The molecule has 3 heteroatoms. The summed E-state index contributed by atoms with van der Waals surface area (Å²) in [4.78, 5) is 12.3. The average Bonchev–Trinajstić information content (AvgIpc) is 2.88. The number of allylic oxidation sites excluding steroid dienone is 20. The molecule has 1 aliphatic carbocycles. The zero-order valence-corrected chi connectivity index (χ0v) is 28.3. The van der Waals surface area contributed by atoms with Crippen LogP contribution in [0.15, 0.2) is 131 Å². The number of aliphatic hydroxyl groups is 2. The molecule has 0 aliphatic heterocycles. The topological polar surface area (TPSA) is 57.5 Å². The Morgan fingerprint density at radius 3 is 1.77 bits per heavy atom. The Kier molecular flexibility index (Phi) is 15.6. The van der Waals surface area contributed by atoms with E-state index in [4.69, 9.17) is 0 Å². The minimum absolute atomic E-state index is 0.105. The van der Waals surface area contributed by atoms with Gasteiger partial charge in [0.15, 0.2) is 5.78 Å². The van der Waals surface area contributed by atoms with Gasteiger partial charge in [-0.15, -0.1) is 0 Å². The molecule has 1 saturated carbocycles. The van der Waals surface area contributed by atoms with Crippen molar-refractivity contribution in [2.45, 2.75) is 99.7 Å². The van der Waals surface area contributed by atoms with Crippen LogP contribution in [0.5, 0.6) is 0 Å². The van der Waals surface area contributed by atoms with Crippen LogP contribution in [-0.2, 0) is 4.79 Å². The number of hydrogen-bond donors (Lipinski definition) is 2. The molecular formula is C40H56O3. The summed E-state index contributed by atoms with van der Waals surface area (Å²) >= 11 is 0. The third-order valence-corrected chi connectivity index (χ3v) is 7.38. The maximum Gasteiger partial charge on any atom is 0.168 e. The van der Waals surface area contributed by atoms with E-state index >= 15 is 0 Å². The molecule has 2 N–H and O–H groups in total. The predicted octanol–water partition coefficient (Wildman–Crippen LogP) is 9.97. The molecule has 2 atom stereocenters. The molecule has 1 aliphatic rings. The Balaban J connectivity index is 2.64. The Bertz CT molecular complexity index is 1270. The average molecular weight is 585 g/mol. The van der Waals surface area contributed by atoms with Crippen LogP contribution < -0.4 is 0 Å². The van der Waals surface area contributed by atoms with Gasteiger partial charge in [-0.3, -0.25) is 4.79 Å². The minimum Gasteiger partial charge on any atom is -0.390 e. The molecule has 1 fully saturated rings. The van der Waals surface area contributed by atoms with Gasteiger partial charge in [-0.1, -0.05) is 146 Å². The van der Waals surface area contributed by atoms with E-state index in [-0.39, 0.29) is 11.2 Å². The Morgan fingerprint density at radius 2 is 1.26 bits per heavy atom. The SMILES string of the molecule is CC(/C=C/C=C(C)/C=C/C=C/C(C)=C/C=C/C(C)=C/C=C/C(C)/C=C/CC(C)(C)O)=C\C=C1\C(C)(C)CCC(=O)C1(C)O. The van der Waals surface area contributed by atoms with Crippen molar-refractivity contribution in [3.8, 4) is 0 Å². The van der Waals surface area contributed by atoms with E-state index in [0.29, 0.717) is 18.8 Å². The van der Waals surface area contributed by atoms with Crippen molar-refractivity contribution < 1.29 is 15.0 Å². The highest BCUT2D eigenvalue weighted by molar-refractivity contribution is 5.91. The van der Waals surface area contributed by atoms with E-state index in [1.54, 1.807) is 6.92 Å². The maximum atomic E-state index is 12.3. The molecule has 0 amide bonds. The molecular weight excluding hydrogens is 528 g/mol. The fourth-order valence-electron chi connectivity index (χ4n) is 4.57. The summed E-state index contributed by atoms with van der Waals surface area (Å²) in [7, 11) is 0.